The summed E-state index contributed by atoms with van der Waals surface area (Å²) in [6.45, 7) is 0. The summed E-state index contributed by atoms with van der Waals surface area (Å²) in [5.74, 6) is -1.47. The molecule has 2 rings (SSSR count). The first-order valence-electron chi connectivity index (χ1n) is 6.03. The third-order valence-electron chi connectivity index (χ3n) is 2.58. The lowest BCUT2D eigenvalue weighted by molar-refractivity contribution is -0.393. The van der Waals surface area contributed by atoms with Gasteiger partial charge in [-0.3, -0.25) is 20.2 Å². The zero-order valence-corrected chi connectivity index (χ0v) is 11.2. The summed E-state index contributed by atoms with van der Waals surface area (Å²) in [5.41, 5.74) is -1.39. The molecule has 0 saturated carbocycles. The number of halogens is 2. The second-order valence-electron chi connectivity index (χ2n) is 4.12. The van der Waals surface area contributed by atoms with Gasteiger partial charge in [-0.1, -0.05) is 24.3 Å². The lowest BCUT2D eigenvalue weighted by Crippen LogP contribution is -2.32. The van der Waals surface area contributed by atoms with Crippen LogP contribution in [0.15, 0.2) is 48.5 Å². The number of ether oxygens (including phenoxy) is 2. The summed E-state index contributed by atoms with van der Waals surface area (Å²) in [4.78, 5) is 19.7. The van der Waals surface area contributed by atoms with Crippen LogP contribution >= 0.6 is 0 Å². The lowest BCUT2D eigenvalue weighted by Gasteiger charge is -2.17. The highest BCUT2D eigenvalue weighted by molar-refractivity contribution is 5.47. The molecule has 2 aromatic rings. The maximum absolute atomic E-state index is 13.8. The zero-order valence-electron chi connectivity index (χ0n) is 11.2. The fourth-order valence-corrected chi connectivity index (χ4v) is 1.67. The molecule has 0 aliphatic rings. The highest BCUT2D eigenvalue weighted by Gasteiger charge is 2.40. The molecule has 0 fully saturated rings. The van der Waals surface area contributed by atoms with Crippen molar-refractivity contribution < 1.29 is 28.1 Å². The Labute approximate surface area is 127 Å². The minimum absolute atomic E-state index is 0.696. The molecule has 23 heavy (non-hydrogen) atoms. The Morgan fingerprint density at radius 1 is 0.783 bits per heavy atom. The third-order valence-corrected chi connectivity index (χ3v) is 2.58. The Kier molecular flexibility index (Phi) is 4.35. The SMILES string of the molecule is O=[N+]([O-])c1ccccc1OC(F)(F)Oc1ccccc1[N+](=O)[O-]. The lowest BCUT2D eigenvalue weighted by atomic mass is 10.3. The van der Waals surface area contributed by atoms with Crippen LogP contribution in [-0.4, -0.2) is 16.1 Å². The molecule has 0 atom stereocenters. The number of alkyl halides is 2. The Morgan fingerprint density at radius 2 is 1.13 bits per heavy atom. The molecule has 120 valence electrons. The van der Waals surface area contributed by atoms with Gasteiger partial charge in [0.05, 0.1) is 9.85 Å². The molecule has 8 nitrogen and oxygen atoms in total. The summed E-state index contributed by atoms with van der Waals surface area (Å²) in [5, 5.41) is 21.5. The van der Waals surface area contributed by atoms with Gasteiger partial charge in [-0.15, -0.1) is 8.78 Å². The molecule has 0 bridgehead atoms. The Bertz CT molecular complexity index is 691. The fourth-order valence-electron chi connectivity index (χ4n) is 1.67. The second-order valence-corrected chi connectivity index (χ2v) is 4.12. The van der Waals surface area contributed by atoms with E-state index in [4.69, 9.17) is 0 Å². The van der Waals surface area contributed by atoms with Gasteiger partial charge in [0.15, 0.2) is 0 Å². The molecule has 10 heteroatoms. The van der Waals surface area contributed by atoms with Gasteiger partial charge in [-0.05, 0) is 12.1 Å². The quantitative estimate of drug-likeness (QED) is 0.457. The number of para-hydroxylation sites is 4. The van der Waals surface area contributed by atoms with Crippen LogP contribution in [0.2, 0.25) is 0 Å². The van der Waals surface area contributed by atoms with Gasteiger partial charge >= 0.3 is 17.7 Å². The summed E-state index contributed by atoms with van der Waals surface area (Å²) in [6.07, 6.45) is -4.35. The van der Waals surface area contributed by atoms with Gasteiger partial charge in [-0.2, -0.15) is 0 Å². The molecule has 0 aliphatic heterocycles. The van der Waals surface area contributed by atoms with E-state index in [0.29, 0.717) is 0 Å². The van der Waals surface area contributed by atoms with Gasteiger partial charge in [0, 0.05) is 12.1 Å². The van der Waals surface area contributed by atoms with Crippen molar-refractivity contribution in [2.24, 2.45) is 0 Å². The molecule has 0 aliphatic carbocycles. The number of nitro benzene ring substituents is 2. The highest BCUT2D eigenvalue weighted by atomic mass is 19.3. The molecular weight excluding hydrogens is 318 g/mol. The Hall–Kier alpha value is -3.30. The van der Waals surface area contributed by atoms with Crippen molar-refractivity contribution in [2.45, 2.75) is 6.29 Å². The number of nitrogens with zero attached hydrogens (tertiary/aromatic N) is 2. The van der Waals surface area contributed by atoms with Gasteiger partial charge in [0.1, 0.15) is 0 Å². The van der Waals surface area contributed by atoms with Gasteiger partial charge in [0.25, 0.3) is 0 Å². The van der Waals surface area contributed by atoms with Crippen LogP contribution in [0.3, 0.4) is 0 Å². The van der Waals surface area contributed by atoms with E-state index < -0.39 is 39.0 Å². The summed E-state index contributed by atoms with van der Waals surface area (Å²) in [6, 6.07) is 8.89. The highest BCUT2D eigenvalue weighted by Crippen LogP contribution is 2.35. The summed E-state index contributed by atoms with van der Waals surface area (Å²) >= 11 is 0. The maximum atomic E-state index is 13.8. The van der Waals surface area contributed by atoms with Crippen molar-refractivity contribution in [1.29, 1.82) is 0 Å². The van der Waals surface area contributed by atoms with Crippen LogP contribution in [0.4, 0.5) is 20.2 Å². The largest absolute Gasteiger partial charge is 0.586 e. The number of benzene rings is 2. The summed E-state index contributed by atoms with van der Waals surface area (Å²) in [7, 11) is 0. The molecule has 0 unspecified atom stereocenters. The van der Waals surface area contributed by atoms with Gasteiger partial charge in [-0.25, -0.2) is 0 Å². The van der Waals surface area contributed by atoms with Crippen molar-refractivity contribution in [3.8, 4) is 11.5 Å². The van der Waals surface area contributed by atoms with Crippen molar-refractivity contribution in [3.63, 3.8) is 0 Å². The van der Waals surface area contributed by atoms with Crippen LogP contribution in [0, 0.1) is 20.2 Å². The van der Waals surface area contributed by atoms with Crippen LogP contribution in [0.5, 0.6) is 11.5 Å². The normalized spacial score (nSPS) is 10.9. The molecule has 0 aromatic heterocycles. The molecule has 0 saturated heterocycles. The predicted octanol–water partition coefficient (Wildman–Crippen LogP) is 3.51. The van der Waals surface area contributed by atoms with E-state index in [9.17, 15) is 29.0 Å². The van der Waals surface area contributed by atoms with Crippen molar-refractivity contribution in [1.82, 2.24) is 0 Å². The van der Waals surface area contributed by atoms with Gasteiger partial charge < -0.3 is 9.47 Å². The molecule has 0 heterocycles. The molecule has 0 amide bonds. The first kappa shape index (κ1) is 16.1. The number of hydrogen-bond acceptors (Lipinski definition) is 6. The van der Waals surface area contributed by atoms with Crippen molar-refractivity contribution >= 4 is 11.4 Å². The molecular formula is C13H8F2N2O6. The second kappa shape index (κ2) is 6.22. The maximum Gasteiger partial charge on any atom is 0.586 e. The predicted molar refractivity (Wildman–Crippen MR) is 72.4 cm³/mol. The van der Waals surface area contributed by atoms with Crippen LogP contribution in [0.25, 0.3) is 0 Å². The van der Waals surface area contributed by atoms with E-state index >= 15 is 0 Å². The van der Waals surface area contributed by atoms with E-state index in [2.05, 4.69) is 9.47 Å². The standard InChI is InChI=1S/C13H8F2N2O6/c14-13(15,22-11-7-3-1-5-9(11)16(18)19)23-12-8-4-2-6-10(12)17(20)21/h1-8H. The van der Waals surface area contributed by atoms with Crippen molar-refractivity contribution in [2.75, 3.05) is 0 Å². The number of nitro groups is 2. The van der Waals surface area contributed by atoms with Crippen molar-refractivity contribution in [3.05, 3.63) is 68.8 Å². The van der Waals surface area contributed by atoms with Gasteiger partial charge in [0.2, 0.25) is 11.5 Å². The van der Waals surface area contributed by atoms with Crippen LogP contribution < -0.4 is 9.47 Å². The van der Waals surface area contributed by atoms with E-state index in [1.54, 1.807) is 0 Å². The average Bonchev–Trinajstić information content (AvgIpc) is 2.47. The van der Waals surface area contributed by atoms with E-state index in [1.807, 2.05) is 0 Å². The fraction of sp³-hybridized carbons (Fsp3) is 0.0769. The molecule has 0 N–H and O–H groups in total. The van der Waals surface area contributed by atoms with Crippen LogP contribution in [-0.2, 0) is 0 Å². The third kappa shape index (κ3) is 3.87. The minimum Gasteiger partial charge on any atom is -0.392 e. The van der Waals surface area contributed by atoms with Crippen LogP contribution in [0.1, 0.15) is 0 Å². The minimum atomic E-state index is -4.35. The number of hydrogen-bond donors (Lipinski definition) is 0. The Balaban J connectivity index is 2.27. The molecule has 0 radical (unpaired) electrons. The first-order chi connectivity index (χ1) is 10.8. The number of rotatable bonds is 6. The Morgan fingerprint density at radius 3 is 1.48 bits per heavy atom. The van der Waals surface area contributed by atoms with E-state index in [1.165, 1.54) is 24.3 Å². The average molecular weight is 326 g/mol. The monoisotopic (exact) mass is 326 g/mol. The topological polar surface area (TPSA) is 105 Å². The summed E-state index contributed by atoms with van der Waals surface area (Å²) < 4.78 is 36.0. The van der Waals surface area contributed by atoms with E-state index in [-0.39, 0.29) is 0 Å². The van der Waals surface area contributed by atoms with E-state index in [0.717, 1.165) is 24.3 Å². The zero-order chi connectivity index (χ0) is 17.0. The smallest absolute Gasteiger partial charge is 0.392 e. The molecule has 2 aromatic carbocycles. The first-order valence-corrected chi connectivity index (χ1v) is 6.03. The molecule has 0 spiro atoms.